The Balaban J connectivity index is 2.50. The molecule has 102 valence electrons. The number of nitrogens with one attached hydrogen (secondary N) is 1. The van der Waals surface area contributed by atoms with Crippen molar-refractivity contribution in [1.82, 2.24) is 9.97 Å². The maximum Gasteiger partial charge on any atom is 0.258 e. The third-order valence-electron chi connectivity index (χ3n) is 3.54. The van der Waals surface area contributed by atoms with Gasteiger partial charge in [-0.1, -0.05) is 13.3 Å². The normalized spacial score (nSPS) is 12.6. The summed E-state index contributed by atoms with van der Waals surface area (Å²) in [5.74, 6) is 0. The van der Waals surface area contributed by atoms with Crippen LogP contribution in [-0.2, 0) is 0 Å². The minimum absolute atomic E-state index is 0.160. The molecule has 0 bridgehead atoms. The van der Waals surface area contributed by atoms with Crippen LogP contribution in [0, 0.1) is 0 Å². The van der Waals surface area contributed by atoms with Crippen LogP contribution in [0.1, 0.15) is 26.7 Å². The Kier molecular flexibility index (Phi) is 3.74. The molecule has 0 aliphatic heterocycles. The van der Waals surface area contributed by atoms with Crippen molar-refractivity contribution < 1.29 is 0 Å². The van der Waals surface area contributed by atoms with Crippen molar-refractivity contribution in [2.75, 3.05) is 17.7 Å². The third-order valence-corrected chi connectivity index (χ3v) is 3.54. The maximum absolute atomic E-state index is 11.7. The maximum atomic E-state index is 11.7. The standard InChI is InChI=1S/C14H20N4O/c1-4-5-9(2)18(3)13-7-12-10(6-11(13)15)14(19)17-8-16-12/h6-9H,4-5,15H2,1-3H3,(H,16,17,19). The summed E-state index contributed by atoms with van der Waals surface area (Å²) in [7, 11) is 2.02. The number of rotatable bonds is 4. The number of benzene rings is 1. The number of hydrogen-bond donors (Lipinski definition) is 2. The molecule has 0 amide bonds. The van der Waals surface area contributed by atoms with E-state index in [-0.39, 0.29) is 5.56 Å². The second kappa shape index (κ2) is 5.30. The lowest BCUT2D eigenvalue weighted by Crippen LogP contribution is -2.29. The Morgan fingerprint density at radius 3 is 2.89 bits per heavy atom. The van der Waals surface area contributed by atoms with Gasteiger partial charge in [0.05, 0.1) is 28.6 Å². The third kappa shape index (κ3) is 2.54. The predicted octanol–water partition coefficient (Wildman–Crippen LogP) is 2.13. The van der Waals surface area contributed by atoms with Crippen molar-refractivity contribution in [2.24, 2.45) is 0 Å². The van der Waals surface area contributed by atoms with E-state index in [1.165, 1.54) is 6.33 Å². The summed E-state index contributed by atoms with van der Waals surface area (Å²) in [6.45, 7) is 4.33. The molecule has 3 N–H and O–H groups in total. The molecule has 1 aromatic carbocycles. The van der Waals surface area contributed by atoms with Gasteiger partial charge in [0, 0.05) is 13.1 Å². The van der Waals surface area contributed by atoms with E-state index in [4.69, 9.17) is 5.73 Å². The van der Waals surface area contributed by atoms with E-state index in [9.17, 15) is 4.79 Å². The summed E-state index contributed by atoms with van der Waals surface area (Å²) in [5, 5.41) is 0.528. The summed E-state index contributed by atoms with van der Waals surface area (Å²) < 4.78 is 0. The highest BCUT2D eigenvalue weighted by molar-refractivity contribution is 5.88. The van der Waals surface area contributed by atoms with Crippen molar-refractivity contribution in [2.45, 2.75) is 32.7 Å². The fraction of sp³-hybridized carbons (Fsp3) is 0.429. The van der Waals surface area contributed by atoms with Gasteiger partial charge in [0.15, 0.2) is 0 Å². The summed E-state index contributed by atoms with van der Waals surface area (Å²) in [5.41, 5.74) is 8.11. The molecule has 0 radical (unpaired) electrons. The second-order valence-electron chi connectivity index (χ2n) is 4.91. The van der Waals surface area contributed by atoms with Crippen LogP contribution in [0.15, 0.2) is 23.3 Å². The first kappa shape index (κ1) is 13.4. The molecule has 1 atom stereocenters. The van der Waals surface area contributed by atoms with Gasteiger partial charge in [0.2, 0.25) is 0 Å². The number of nitrogen functional groups attached to an aromatic ring is 1. The molecule has 2 rings (SSSR count). The Morgan fingerprint density at radius 1 is 1.47 bits per heavy atom. The smallest absolute Gasteiger partial charge is 0.258 e. The fourth-order valence-electron chi connectivity index (χ4n) is 2.28. The number of nitrogens with two attached hydrogens (primary N) is 1. The first-order chi connectivity index (χ1) is 9.04. The van der Waals surface area contributed by atoms with Gasteiger partial charge >= 0.3 is 0 Å². The van der Waals surface area contributed by atoms with Gasteiger partial charge in [0.1, 0.15) is 0 Å². The van der Waals surface area contributed by atoms with E-state index in [1.807, 2.05) is 13.1 Å². The number of anilines is 2. The number of aromatic nitrogens is 2. The van der Waals surface area contributed by atoms with E-state index in [0.29, 0.717) is 22.6 Å². The van der Waals surface area contributed by atoms with Gasteiger partial charge in [-0.05, 0) is 25.5 Å². The summed E-state index contributed by atoms with van der Waals surface area (Å²) >= 11 is 0. The number of hydrogen-bond acceptors (Lipinski definition) is 4. The molecule has 1 aromatic heterocycles. The van der Waals surface area contributed by atoms with Crippen LogP contribution < -0.4 is 16.2 Å². The molecule has 0 aliphatic rings. The fourth-order valence-corrected chi connectivity index (χ4v) is 2.28. The van der Waals surface area contributed by atoms with Crippen LogP contribution in [0.5, 0.6) is 0 Å². The lowest BCUT2D eigenvalue weighted by molar-refractivity contribution is 0.617. The summed E-state index contributed by atoms with van der Waals surface area (Å²) in [4.78, 5) is 20.6. The Hall–Kier alpha value is -2.04. The molecule has 5 nitrogen and oxygen atoms in total. The highest BCUT2D eigenvalue weighted by Gasteiger charge is 2.14. The molecular weight excluding hydrogens is 240 g/mol. The lowest BCUT2D eigenvalue weighted by atomic mass is 10.1. The van der Waals surface area contributed by atoms with Gasteiger partial charge in [-0.2, -0.15) is 0 Å². The molecule has 5 heteroatoms. The van der Waals surface area contributed by atoms with Crippen LogP contribution in [0.4, 0.5) is 11.4 Å². The first-order valence-corrected chi connectivity index (χ1v) is 6.54. The molecule has 2 aromatic rings. The second-order valence-corrected chi connectivity index (χ2v) is 4.91. The van der Waals surface area contributed by atoms with Crippen LogP contribution in [0.3, 0.4) is 0 Å². The Labute approximate surface area is 112 Å². The van der Waals surface area contributed by atoms with E-state index in [2.05, 4.69) is 28.7 Å². The van der Waals surface area contributed by atoms with E-state index >= 15 is 0 Å². The lowest BCUT2D eigenvalue weighted by Gasteiger charge is -2.28. The first-order valence-electron chi connectivity index (χ1n) is 6.54. The number of aromatic amines is 1. The van der Waals surface area contributed by atoms with Crippen molar-refractivity contribution >= 4 is 22.3 Å². The summed E-state index contributed by atoms with van der Waals surface area (Å²) in [6, 6.07) is 3.98. The van der Waals surface area contributed by atoms with Gasteiger partial charge in [-0.15, -0.1) is 0 Å². The molecular formula is C14H20N4O. The predicted molar refractivity (Wildman–Crippen MR) is 79.5 cm³/mol. The SMILES string of the molecule is CCCC(C)N(C)c1cc2nc[nH]c(=O)c2cc1N. The zero-order chi connectivity index (χ0) is 14.0. The van der Waals surface area contributed by atoms with Crippen molar-refractivity contribution in [3.8, 4) is 0 Å². The minimum atomic E-state index is -0.160. The molecule has 0 saturated heterocycles. The molecule has 0 spiro atoms. The van der Waals surface area contributed by atoms with Crippen molar-refractivity contribution in [3.05, 3.63) is 28.8 Å². The molecule has 19 heavy (non-hydrogen) atoms. The molecule has 0 fully saturated rings. The van der Waals surface area contributed by atoms with Crippen LogP contribution in [0.25, 0.3) is 10.9 Å². The zero-order valence-corrected chi connectivity index (χ0v) is 11.6. The molecule has 0 aliphatic carbocycles. The topological polar surface area (TPSA) is 75.0 Å². The van der Waals surface area contributed by atoms with Crippen molar-refractivity contribution in [1.29, 1.82) is 0 Å². The molecule has 1 unspecified atom stereocenters. The number of fused-ring (bicyclic) bond motifs is 1. The largest absolute Gasteiger partial charge is 0.397 e. The zero-order valence-electron chi connectivity index (χ0n) is 11.6. The van der Waals surface area contributed by atoms with Crippen molar-refractivity contribution in [3.63, 3.8) is 0 Å². The van der Waals surface area contributed by atoms with E-state index in [0.717, 1.165) is 18.5 Å². The number of H-pyrrole nitrogens is 1. The van der Waals surface area contributed by atoms with E-state index < -0.39 is 0 Å². The quantitative estimate of drug-likeness (QED) is 0.826. The average molecular weight is 260 g/mol. The van der Waals surface area contributed by atoms with Gasteiger partial charge in [-0.3, -0.25) is 4.79 Å². The van der Waals surface area contributed by atoms with Crippen LogP contribution >= 0.6 is 0 Å². The molecule has 0 saturated carbocycles. The van der Waals surface area contributed by atoms with Gasteiger partial charge in [0.25, 0.3) is 5.56 Å². The monoisotopic (exact) mass is 260 g/mol. The van der Waals surface area contributed by atoms with Crippen LogP contribution in [-0.4, -0.2) is 23.1 Å². The number of nitrogens with zero attached hydrogens (tertiary/aromatic N) is 2. The minimum Gasteiger partial charge on any atom is -0.397 e. The Morgan fingerprint density at radius 2 is 2.21 bits per heavy atom. The van der Waals surface area contributed by atoms with Gasteiger partial charge in [-0.25, -0.2) is 4.98 Å². The highest BCUT2D eigenvalue weighted by Crippen LogP contribution is 2.28. The van der Waals surface area contributed by atoms with E-state index in [1.54, 1.807) is 6.07 Å². The Bertz CT molecular complexity index is 635. The van der Waals surface area contributed by atoms with Crippen LogP contribution in [0.2, 0.25) is 0 Å². The van der Waals surface area contributed by atoms with Gasteiger partial charge < -0.3 is 15.6 Å². The summed E-state index contributed by atoms with van der Waals surface area (Å²) in [6.07, 6.45) is 3.63. The molecule has 1 heterocycles. The average Bonchev–Trinajstić information content (AvgIpc) is 2.39. The highest BCUT2D eigenvalue weighted by atomic mass is 16.1.